The van der Waals surface area contributed by atoms with Crippen molar-refractivity contribution in [3.05, 3.63) is 42.2 Å². The summed E-state index contributed by atoms with van der Waals surface area (Å²) < 4.78 is 7.54. The summed E-state index contributed by atoms with van der Waals surface area (Å²) in [4.78, 5) is 38.3. The van der Waals surface area contributed by atoms with Gasteiger partial charge < -0.3 is 14.7 Å². The molecular formula is C30H37N5O4. The van der Waals surface area contributed by atoms with Crippen molar-refractivity contribution in [2.75, 3.05) is 36.6 Å². The van der Waals surface area contributed by atoms with Crippen molar-refractivity contribution >= 4 is 29.2 Å². The van der Waals surface area contributed by atoms with Gasteiger partial charge in [-0.15, -0.1) is 0 Å². The number of Topliss-reactive ketones (excluding diaryl/α,β-unsaturated/α-hetero) is 1. The minimum absolute atomic E-state index is 0.176. The van der Waals surface area contributed by atoms with E-state index in [2.05, 4.69) is 4.90 Å². The fraction of sp³-hybridized carbons (Fsp3) is 0.533. The molecule has 206 valence electrons. The molecule has 2 aromatic heterocycles. The highest BCUT2D eigenvalue weighted by Gasteiger charge is 2.31. The van der Waals surface area contributed by atoms with Crippen LogP contribution in [0, 0.1) is 11.8 Å². The molecule has 39 heavy (non-hydrogen) atoms. The molecule has 2 saturated carbocycles. The van der Waals surface area contributed by atoms with E-state index in [1.807, 2.05) is 41.9 Å². The van der Waals surface area contributed by atoms with Crippen molar-refractivity contribution in [2.45, 2.75) is 63.8 Å². The number of hydrogen-bond acceptors (Lipinski definition) is 6. The standard InChI is InChI=1S/C30H37N5O4/c1-33(24-13-15-39-16-14-24)29-28-31-17-25(21-7-9-22(10-8-21)27(36)23-11-12-23)34(28)19-26(32-29)35(30(37)38)18-20-5-3-2-4-6-20/h7-10,17,19-20,23-24H,2-6,11-16,18H2,1H3,(H,37,38). The van der Waals surface area contributed by atoms with Gasteiger partial charge in [0.15, 0.2) is 23.1 Å². The van der Waals surface area contributed by atoms with Gasteiger partial charge in [-0.05, 0) is 44.4 Å². The minimum Gasteiger partial charge on any atom is -0.465 e. The number of carboxylic acid groups (broad SMARTS) is 1. The van der Waals surface area contributed by atoms with Gasteiger partial charge in [0.2, 0.25) is 0 Å². The molecule has 1 aromatic carbocycles. The number of nitrogens with zero attached hydrogens (tertiary/aromatic N) is 5. The van der Waals surface area contributed by atoms with Gasteiger partial charge in [-0.2, -0.15) is 0 Å². The zero-order valence-electron chi connectivity index (χ0n) is 22.6. The van der Waals surface area contributed by atoms with Crippen LogP contribution in [0.1, 0.15) is 68.1 Å². The predicted octanol–water partition coefficient (Wildman–Crippen LogP) is 5.67. The molecule has 1 amide bonds. The summed E-state index contributed by atoms with van der Waals surface area (Å²) >= 11 is 0. The van der Waals surface area contributed by atoms with Crippen molar-refractivity contribution < 1.29 is 19.4 Å². The molecule has 1 aliphatic heterocycles. The highest BCUT2D eigenvalue weighted by molar-refractivity contribution is 5.99. The lowest BCUT2D eigenvalue weighted by Gasteiger charge is -2.33. The number of hydrogen-bond donors (Lipinski definition) is 1. The topological polar surface area (TPSA) is 100 Å². The molecule has 6 rings (SSSR count). The van der Waals surface area contributed by atoms with Gasteiger partial charge in [-0.25, -0.2) is 14.8 Å². The second kappa shape index (κ2) is 11.0. The summed E-state index contributed by atoms with van der Waals surface area (Å²) in [6.07, 6.45) is 11.9. The molecule has 3 aliphatic rings. The number of carbonyl (C=O) groups is 2. The van der Waals surface area contributed by atoms with E-state index in [1.54, 1.807) is 6.20 Å². The lowest BCUT2D eigenvalue weighted by Crippen LogP contribution is -2.39. The molecule has 2 aliphatic carbocycles. The van der Waals surface area contributed by atoms with E-state index in [4.69, 9.17) is 14.7 Å². The number of carbonyl (C=O) groups excluding carboxylic acids is 1. The molecule has 3 fully saturated rings. The second-order valence-electron chi connectivity index (χ2n) is 11.3. The first-order chi connectivity index (χ1) is 19.0. The van der Waals surface area contributed by atoms with Crippen LogP contribution < -0.4 is 9.80 Å². The summed E-state index contributed by atoms with van der Waals surface area (Å²) in [7, 11) is 2.01. The fourth-order valence-electron chi connectivity index (χ4n) is 6.07. The first-order valence-electron chi connectivity index (χ1n) is 14.3. The summed E-state index contributed by atoms with van der Waals surface area (Å²) in [5.74, 6) is 1.80. The van der Waals surface area contributed by atoms with Crippen LogP contribution >= 0.6 is 0 Å². The number of anilines is 2. The Balaban J connectivity index is 1.41. The van der Waals surface area contributed by atoms with Gasteiger partial charge in [0.05, 0.1) is 18.1 Å². The summed E-state index contributed by atoms with van der Waals surface area (Å²) in [5.41, 5.74) is 3.18. The van der Waals surface area contributed by atoms with Gasteiger partial charge in [0.1, 0.15) is 0 Å². The van der Waals surface area contributed by atoms with Crippen LogP contribution in [-0.4, -0.2) is 64.2 Å². The van der Waals surface area contributed by atoms with Gasteiger partial charge in [0, 0.05) is 49.9 Å². The lowest BCUT2D eigenvalue weighted by atomic mass is 9.89. The zero-order chi connectivity index (χ0) is 26.9. The smallest absolute Gasteiger partial charge is 0.413 e. The number of amides is 1. The van der Waals surface area contributed by atoms with Crippen LogP contribution in [-0.2, 0) is 4.74 Å². The van der Waals surface area contributed by atoms with E-state index in [0.717, 1.165) is 68.2 Å². The van der Waals surface area contributed by atoms with Crippen molar-refractivity contribution in [2.24, 2.45) is 11.8 Å². The highest BCUT2D eigenvalue weighted by Crippen LogP contribution is 2.34. The van der Waals surface area contributed by atoms with Gasteiger partial charge in [0.25, 0.3) is 0 Å². The van der Waals surface area contributed by atoms with E-state index in [1.165, 1.54) is 11.3 Å². The molecule has 1 N–H and O–H groups in total. The monoisotopic (exact) mass is 531 g/mol. The molecule has 1 saturated heterocycles. The largest absolute Gasteiger partial charge is 0.465 e. The third-order valence-electron chi connectivity index (χ3n) is 8.62. The van der Waals surface area contributed by atoms with E-state index in [0.29, 0.717) is 43.0 Å². The van der Waals surface area contributed by atoms with Crippen molar-refractivity contribution in [1.82, 2.24) is 14.4 Å². The Hall–Kier alpha value is -3.46. The van der Waals surface area contributed by atoms with Gasteiger partial charge in [-0.3, -0.25) is 14.1 Å². The van der Waals surface area contributed by atoms with E-state index in [-0.39, 0.29) is 17.7 Å². The number of ketones is 1. The van der Waals surface area contributed by atoms with Gasteiger partial charge >= 0.3 is 6.09 Å². The molecular weight excluding hydrogens is 494 g/mol. The fourth-order valence-corrected chi connectivity index (χ4v) is 6.07. The summed E-state index contributed by atoms with van der Waals surface area (Å²) in [6, 6.07) is 7.92. The lowest BCUT2D eigenvalue weighted by molar-refractivity contribution is 0.0854. The minimum atomic E-state index is -0.989. The Morgan fingerprint density at radius 1 is 1.03 bits per heavy atom. The van der Waals surface area contributed by atoms with Crippen LogP contribution in [0.25, 0.3) is 16.9 Å². The van der Waals surface area contributed by atoms with Crippen molar-refractivity contribution in [3.63, 3.8) is 0 Å². The van der Waals surface area contributed by atoms with Crippen LogP contribution in [0.3, 0.4) is 0 Å². The maximum absolute atomic E-state index is 12.5. The Kier molecular flexibility index (Phi) is 7.25. The summed E-state index contributed by atoms with van der Waals surface area (Å²) in [5, 5.41) is 10.3. The number of ether oxygens (including phenoxy) is 1. The van der Waals surface area contributed by atoms with E-state index in [9.17, 15) is 14.7 Å². The first kappa shape index (κ1) is 25.8. The molecule has 0 spiro atoms. The molecule has 0 bridgehead atoms. The number of benzene rings is 1. The molecule has 3 aromatic rings. The SMILES string of the molecule is CN(c1nc(N(CC2CCCCC2)C(=O)O)cn2c(-c3ccc(C(=O)C4CC4)cc3)cnc12)C1CCOCC1. The van der Waals surface area contributed by atoms with E-state index >= 15 is 0 Å². The number of rotatable bonds is 8. The van der Waals surface area contributed by atoms with Gasteiger partial charge in [-0.1, -0.05) is 43.5 Å². The maximum atomic E-state index is 12.5. The summed E-state index contributed by atoms with van der Waals surface area (Å²) in [6.45, 7) is 1.83. The zero-order valence-corrected chi connectivity index (χ0v) is 22.6. The van der Waals surface area contributed by atoms with Crippen LogP contribution in [0.2, 0.25) is 0 Å². The third kappa shape index (κ3) is 5.37. The average Bonchev–Trinajstić information content (AvgIpc) is 3.74. The highest BCUT2D eigenvalue weighted by atomic mass is 16.5. The predicted molar refractivity (Wildman–Crippen MR) is 150 cm³/mol. The first-order valence-corrected chi connectivity index (χ1v) is 14.3. The Morgan fingerprint density at radius 3 is 2.41 bits per heavy atom. The number of fused-ring (bicyclic) bond motifs is 1. The Labute approximate surface area is 228 Å². The number of aromatic nitrogens is 3. The molecule has 0 radical (unpaired) electrons. The quantitative estimate of drug-likeness (QED) is 0.374. The average molecular weight is 532 g/mol. The molecule has 0 atom stereocenters. The van der Waals surface area contributed by atoms with Crippen LogP contribution in [0.4, 0.5) is 16.4 Å². The van der Waals surface area contributed by atoms with Crippen LogP contribution in [0.5, 0.6) is 0 Å². The van der Waals surface area contributed by atoms with Crippen molar-refractivity contribution in [1.29, 1.82) is 0 Å². The normalized spacial score (nSPS) is 18.8. The number of imidazole rings is 1. The third-order valence-corrected chi connectivity index (χ3v) is 8.62. The molecule has 0 unspecified atom stereocenters. The molecule has 3 heterocycles. The Bertz CT molecular complexity index is 1340. The van der Waals surface area contributed by atoms with Crippen molar-refractivity contribution in [3.8, 4) is 11.3 Å². The molecule has 9 heteroatoms. The second-order valence-corrected chi connectivity index (χ2v) is 11.3. The maximum Gasteiger partial charge on any atom is 0.413 e. The Morgan fingerprint density at radius 2 is 1.74 bits per heavy atom. The molecule has 9 nitrogen and oxygen atoms in total. The van der Waals surface area contributed by atoms with E-state index < -0.39 is 6.09 Å². The van der Waals surface area contributed by atoms with Crippen LogP contribution in [0.15, 0.2) is 36.7 Å².